The molecular weight excluding hydrogens is 274 g/mol. The van der Waals surface area contributed by atoms with E-state index < -0.39 is 11.4 Å². The van der Waals surface area contributed by atoms with E-state index in [-0.39, 0.29) is 12.5 Å². The standard InChI is InChI=1S/C14H19N3O4/c15-12(18)9-21-11-3-1-2-10(8-11)17-13(19)14(16)4-6-20-7-5-14/h1-3,8H,4-7,9,16H2,(H2,15,18)(H,17,19). The third-order valence-corrected chi connectivity index (χ3v) is 3.31. The van der Waals surface area contributed by atoms with Gasteiger partial charge in [-0.05, 0) is 25.0 Å². The van der Waals surface area contributed by atoms with Crippen LogP contribution in [-0.2, 0) is 14.3 Å². The van der Waals surface area contributed by atoms with Gasteiger partial charge in [-0.1, -0.05) is 6.07 Å². The Morgan fingerprint density at radius 3 is 2.71 bits per heavy atom. The molecule has 0 saturated carbocycles. The fourth-order valence-corrected chi connectivity index (χ4v) is 2.04. The molecule has 0 atom stereocenters. The van der Waals surface area contributed by atoms with Gasteiger partial charge in [-0.15, -0.1) is 0 Å². The summed E-state index contributed by atoms with van der Waals surface area (Å²) in [6.07, 6.45) is 0.966. The third kappa shape index (κ3) is 4.17. The fraction of sp³-hybridized carbons (Fsp3) is 0.429. The predicted octanol–water partition coefficient (Wildman–Crippen LogP) is -0.00290. The smallest absolute Gasteiger partial charge is 0.255 e. The van der Waals surface area contributed by atoms with Crippen LogP contribution in [0.2, 0.25) is 0 Å². The number of ether oxygens (including phenoxy) is 2. The second-order valence-electron chi connectivity index (χ2n) is 5.01. The number of benzene rings is 1. The van der Waals surface area contributed by atoms with Gasteiger partial charge in [0.2, 0.25) is 5.91 Å². The van der Waals surface area contributed by atoms with Crippen molar-refractivity contribution in [3.8, 4) is 5.75 Å². The maximum atomic E-state index is 12.3. The van der Waals surface area contributed by atoms with Crippen molar-refractivity contribution in [3.63, 3.8) is 0 Å². The number of nitrogens with two attached hydrogens (primary N) is 2. The monoisotopic (exact) mass is 293 g/mol. The molecule has 1 heterocycles. The van der Waals surface area contributed by atoms with E-state index in [1.54, 1.807) is 24.3 Å². The number of hydrogen-bond acceptors (Lipinski definition) is 5. The zero-order valence-corrected chi connectivity index (χ0v) is 11.6. The number of amides is 2. The molecule has 0 aliphatic carbocycles. The summed E-state index contributed by atoms with van der Waals surface area (Å²) in [7, 11) is 0. The van der Waals surface area contributed by atoms with Crippen molar-refractivity contribution < 1.29 is 19.1 Å². The van der Waals surface area contributed by atoms with Gasteiger partial charge in [0, 0.05) is 25.0 Å². The van der Waals surface area contributed by atoms with Crippen molar-refractivity contribution in [1.82, 2.24) is 0 Å². The molecule has 0 spiro atoms. The number of hydrogen-bond donors (Lipinski definition) is 3. The highest BCUT2D eigenvalue weighted by Gasteiger charge is 2.35. The van der Waals surface area contributed by atoms with Gasteiger partial charge in [0.15, 0.2) is 6.61 Å². The van der Waals surface area contributed by atoms with Gasteiger partial charge < -0.3 is 26.3 Å². The van der Waals surface area contributed by atoms with Crippen LogP contribution in [0.1, 0.15) is 12.8 Å². The molecule has 5 N–H and O–H groups in total. The molecule has 114 valence electrons. The van der Waals surface area contributed by atoms with E-state index in [4.69, 9.17) is 20.9 Å². The number of rotatable bonds is 5. The van der Waals surface area contributed by atoms with Crippen molar-refractivity contribution in [1.29, 1.82) is 0 Å². The molecule has 2 amide bonds. The lowest BCUT2D eigenvalue weighted by molar-refractivity contribution is -0.124. The van der Waals surface area contributed by atoms with Gasteiger partial charge in [0.25, 0.3) is 5.91 Å². The number of primary amides is 1. The molecule has 7 nitrogen and oxygen atoms in total. The van der Waals surface area contributed by atoms with Crippen molar-refractivity contribution in [2.45, 2.75) is 18.4 Å². The van der Waals surface area contributed by atoms with Crippen LogP contribution in [0.5, 0.6) is 5.75 Å². The van der Waals surface area contributed by atoms with Gasteiger partial charge in [0.1, 0.15) is 11.3 Å². The molecule has 0 radical (unpaired) electrons. The molecular formula is C14H19N3O4. The van der Waals surface area contributed by atoms with Gasteiger partial charge in [0.05, 0.1) is 0 Å². The SMILES string of the molecule is NC(=O)COc1cccc(NC(=O)C2(N)CCOCC2)c1. The van der Waals surface area contributed by atoms with E-state index in [0.29, 0.717) is 37.5 Å². The average molecular weight is 293 g/mol. The summed E-state index contributed by atoms with van der Waals surface area (Å²) in [6, 6.07) is 6.71. The van der Waals surface area contributed by atoms with Crippen LogP contribution in [0.15, 0.2) is 24.3 Å². The quantitative estimate of drug-likeness (QED) is 0.706. The highest BCUT2D eigenvalue weighted by molar-refractivity contribution is 5.98. The Morgan fingerprint density at radius 1 is 1.33 bits per heavy atom. The number of anilines is 1. The number of nitrogens with one attached hydrogen (secondary N) is 1. The zero-order chi connectivity index (χ0) is 15.3. The van der Waals surface area contributed by atoms with Crippen molar-refractivity contribution in [2.24, 2.45) is 11.5 Å². The van der Waals surface area contributed by atoms with Crippen molar-refractivity contribution in [3.05, 3.63) is 24.3 Å². The minimum Gasteiger partial charge on any atom is -0.484 e. The molecule has 1 aromatic rings. The Balaban J connectivity index is 2.00. The maximum Gasteiger partial charge on any atom is 0.255 e. The lowest BCUT2D eigenvalue weighted by Gasteiger charge is -2.31. The molecule has 0 bridgehead atoms. The van der Waals surface area contributed by atoms with Crippen LogP contribution in [0.25, 0.3) is 0 Å². The summed E-state index contributed by atoms with van der Waals surface area (Å²) in [4.78, 5) is 22.9. The van der Waals surface area contributed by atoms with Crippen LogP contribution in [-0.4, -0.2) is 37.2 Å². The van der Waals surface area contributed by atoms with Gasteiger partial charge in [-0.3, -0.25) is 9.59 Å². The first-order chi connectivity index (χ1) is 9.99. The topological polar surface area (TPSA) is 117 Å². The lowest BCUT2D eigenvalue weighted by Crippen LogP contribution is -2.54. The predicted molar refractivity (Wildman–Crippen MR) is 76.7 cm³/mol. The molecule has 1 aliphatic heterocycles. The summed E-state index contributed by atoms with van der Waals surface area (Å²) < 4.78 is 10.4. The fourth-order valence-electron chi connectivity index (χ4n) is 2.04. The maximum absolute atomic E-state index is 12.3. The molecule has 7 heteroatoms. The first-order valence-electron chi connectivity index (χ1n) is 6.69. The molecule has 0 aromatic heterocycles. The van der Waals surface area contributed by atoms with E-state index in [2.05, 4.69) is 5.32 Å². The van der Waals surface area contributed by atoms with Gasteiger partial charge in [-0.2, -0.15) is 0 Å². The van der Waals surface area contributed by atoms with Crippen LogP contribution >= 0.6 is 0 Å². The molecule has 2 rings (SSSR count). The minimum atomic E-state index is -0.914. The Hall–Kier alpha value is -2.12. The van der Waals surface area contributed by atoms with Crippen LogP contribution in [0.4, 0.5) is 5.69 Å². The highest BCUT2D eigenvalue weighted by Crippen LogP contribution is 2.22. The van der Waals surface area contributed by atoms with Crippen LogP contribution in [0, 0.1) is 0 Å². The average Bonchev–Trinajstić information content (AvgIpc) is 2.46. The Bertz CT molecular complexity index is 527. The Kier molecular flexibility index (Phi) is 4.77. The summed E-state index contributed by atoms with van der Waals surface area (Å²) >= 11 is 0. The first-order valence-corrected chi connectivity index (χ1v) is 6.69. The molecule has 1 aliphatic rings. The minimum absolute atomic E-state index is 0.213. The van der Waals surface area contributed by atoms with E-state index in [9.17, 15) is 9.59 Å². The van der Waals surface area contributed by atoms with Crippen molar-refractivity contribution in [2.75, 3.05) is 25.1 Å². The summed E-state index contributed by atoms with van der Waals surface area (Å²) in [6.45, 7) is 0.743. The molecule has 0 unspecified atom stereocenters. The third-order valence-electron chi connectivity index (χ3n) is 3.31. The second kappa shape index (κ2) is 6.55. The van der Waals surface area contributed by atoms with Gasteiger partial charge >= 0.3 is 0 Å². The molecule has 1 fully saturated rings. The van der Waals surface area contributed by atoms with Gasteiger partial charge in [-0.25, -0.2) is 0 Å². The zero-order valence-electron chi connectivity index (χ0n) is 11.6. The Morgan fingerprint density at radius 2 is 2.05 bits per heavy atom. The van der Waals surface area contributed by atoms with E-state index >= 15 is 0 Å². The Labute approximate surface area is 122 Å². The van der Waals surface area contributed by atoms with Crippen LogP contribution < -0.4 is 21.5 Å². The van der Waals surface area contributed by atoms with Crippen molar-refractivity contribution >= 4 is 17.5 Å². The summed E-state index contributed by atoms with van der Waals surface area (Å²) in [5.41, 5.74) is 10.8. The van der Waals surface area contributed by atoms with E-state index in [1.807, 2.05) is 0 Å². The number of carbonyl (C=O) groups excluding carboxylic acids is 2. The number of carbonyl (C=O) groups is 2. The van der Waals surface area contributed by atoms with Crippen LogP contribution in [0.3, 0.4) is 0 Å². The second-order valence-corrected chi connectivity index (χ2v) is 5.01. The molecule has 21 heavy (non-hydrogen) atoms. The highest BCUT2D eigenvalue weighted by atomic mass is 16.5. The van der Waals surface area contributed by atoms with E-state index in [0.717, 1.165) is 0 Å². The summed E-state index contributed by atoms with van der Waals surface area (Å²) in [5, 5.41) is 2.76. The van der Waals surface area contributed by atoms with E-state index in [1.165, 1.54) is 0 Å². The lowest BCUT2D eigenvalue weighted by atomic mass is 9.90. The molecule has 1 saturated heterocycles. The first kappa shape index (κ1) is 15.3. The molecule has 1 aromatic carbocycles. The normalized spacial score (nSPS) is 17.0. The largest absolute Gasteiger partial charge is 0.484 e. The summed E-state index contributed by atoms with van der Waals surface area (Å²) in [5.74, 6) is -0.366.